The number of halogens is 1. The standard InChI is InChI=1S/C12H13ClO4/c1-2-17-12(16)9-4-3-8(14)7-10(9)11(15)5-6-13/h3-4,7,14H,2,5-6H2,1H3. The van der Waals surface area contributed by atoms with Crippen molar-refractivity contribution in [3.05, 3.63) is 29.3 Å². The number of aromatic hydroxyl groups is 1. The predicted octanol–water partition coefficient (Wildman–Crippen LogP) is 2.38. The summed E-state index contributed by atoms with van der Waals surface area (Å²) in [4.78, 5) is 23.3. The molecular formula is C12H13ClO4. The summed E-state index contributed by atoms with van der Waals surface area (Å²) in [6.07, 6.45) is 0.109. The summed E-state index contributed by atoms with van der Waals surface area (Å²) in [5.74, 6) is -0.781. The molecule has 5 heteroatoms. The zero-order chi connectivity index (χ0) is 12.8. The number of esters is 1. The number of carbonyl (C=O) groups excluding carboxylic acids is 2. The van der Waals surface area contributed by atoms with Gasteiger partial charge in [-0.05, 0) is 25.1 Å². The summed E-state index contributed by atoms with van der Waals surface area (Å²) < 4.78 is 4.83. The molecule has 0 aromatic heterocycles. The molecule has 0 spiro atoms. The van der Waals surface area contributed by atoms with E-state index in [1.807, 2.05) is 0 Å². The number of phenolic OH excluding ortho intramolecular Hbond substituents is 1. The van der Waals surface area contributed by atoms with Gasteiger partial charge in [0.15, 0.2) is 5.78 Å². The fraction of sp³-hybridized carbons (Fsp3) is 0.333. The number of rotatable bonds is 5. The molecule has 0 aliphatic rings. The summed E-state index contributed by atoms with van der Waals surface area (Å²) in [6, 6.07) is 3.96. The van der Waals surface area contributed by atoms with E-state index in [1.54, 1.807) is 6.92 Å². The number of benzene rings is 1. The monoisotopic (exact) mass is 256 g/mol. The van der Waals surface area contributed by atoms with E-state index in [0.29, 0.717) is 0 Å². The second-order valence-corrected chi connectivity index (χ2v) is 3.69. The van der Waals surface area contributed by atoms with Crippen LogP contribution in [-0.4, -0.2) is 29.3 Å². The third-order valence-electron chi connectivity index (χ3n) is 2.12. The molecule has 0 bridgehead atoms. The molecule has 0 atom stereocenters. The van der Waals surface area contributed by atoms with Crippen molar-refractivity contribution in [2.24, 2.45) is 0 Å². The van der Waals surface area contributed by atoms with Crippen LogP contribution < -0.4 is 0 Å². The number of Topliss-reactive ketones (excluding diaryl/α,β-unsaturated/α-hetero) is 1. The maximum atomic E-state index is 11.7. The first kappa shape index (κ1) is 13.5. The highest BCUT2D eigenvalue weighted by Gasteiger charge is 2.18. The van der Waals surface area contributed by atoms with Gasteiger partial charge >= 0.3 is 5.97 Å². The molecule has 1 aromatic rings. The van der Waals surface area contributed by atoms with Gasteiger partial charge in [-0.1, -0.05) is 0 Å². The molecule has 0 saturated heterocycles. The van der Waals surface area contributed by atoms with E-state index in [2.05, 4.69) is 0 Å². The summed E-state index contributed by atoms with van der Waals surface area (Å²) in [6.45, 7) is 1.90. The number of ketones is 1. The van der Waals surface area contributed by atoms with Gasteiger partial charge in [0.1, 0.15) is 5.75 Å². The fourth-order valence-corrected chi connectivity index (χ4v) is 1.54. The highest BCUT2D eigenvalue weighted by atomic mass is 35.5. The summed E-state index contributed by atoms with van der Waals surface area (Å²) in [5.41, 5.74) is 0.295. The van der Waals surface area contributed by atoms with Crippen LogP contribution in [0.25, 0.3) is 0 Å². The molecule has 1 rings (SSSR count). The zero-order valence-electron chi connectivity index (χ0n) is 9.40. The van der Waals surface area contributed by atoms with Crippen molar-refractivity contribution in [3.63, 3.8) is 0 Å². The third-order valence-corrected chi connectivity index (χ3v) is 2.31. The van der Waals surface area contributed by atoms with Crippen LogP contribution in [0.2, 0.25) is 0 Å². The van der Waals surface area contributed by atoms with Crippen molar-refractivity contribution in [1.29, 1.82) is 0 Å². The quantitative estimate of drug-likeness (QED) is 0.499. The zero-order valence-corrected chi connectivity index (χ0v) is 10.2. The summed E-state index contributed by atoms with van der Waals surface area (Å²) in [5, 5.41) is 9.33. The van der Waals surface area contributed by atoms with Gasteiger partial charge in [-0.2, -0.15) is 0 Å². The Morgan fingerprint density at radius 1 is 1.35 bits per heavy atom. The van der Waals surface area contributed by atoms with Crippen molar-refractivity contribution in [1.82, 2.24) is 0 Å². The van der Waals surface area contributed by atoms with Gasteiger partial charge in [0.25, 0.3) is 0 Å². The number of hydrogen-bond donors (Lipinski definition) is 1. The maximum Gasteiger partial charge on any atom is 0.338 e. The topological polar surface area (TPSA) is 63.6 Å². The average molecular weight is 257 g/mol. The molecule has 1 aromatic carbocycles. The van der Waals surface area contributed by atoms with Crippen LogP contribution in [0.1, 0.15) is 34.1 Å². The van der Waals surface area contributed by atoms with Crippen molar-refractivity contribution in [2.75, 3.05) is 12.5 Å². The van der Waals surface area contributed by atoms with Crippen molar-refractivity contribution in [2.45, 2.75) is 13.3 Å². The van der Waals surface area contributed by atoms with Gasteiger partial charge in [-0.3, -0.25) is 4.79 Å². The molecular weight excluding hydrogens is 244 g/mol. The van der Waals surface area contributed by atoms with Crippen LogP contribution in [0.3, 0.4) is 0 Å². The smallest absolute Gasteiger partial charge is 0.338 e. The van der Waals surface area contributed by atoms with Crippen molar-refractivity contribution in [3.8, 4) is 5.75 Å². The second-order valence-electron chi connectivity index (χ2n) is 3.31. The molecule has 92 valence electrons. The average Bonchev–Trinajstić information content (AvgIpc) is 2.29. The number of carbonyl (C=O) groups is 2. The van der Waals surface area contributed by atoms with E-state index in [9.17, 15) is 14.7 Å². The fourth-order valence-electron chi connectivity index (χ4n) is 1.37. The highest BCUT2D eigenvalue weighted by Crippen LogP contribution is 2.19. The molecule has 17 heavy (non-hydrogen) atoms. The normalized spacial score (nSPS) is 10.0. The first-order valence-electron chi connectivity index (χ1n) is 5.19. The lowest BCUT2D eigenvalue weighted by Gasteiger charge is -2.07. The Hall–Kier alpha value is -1.55. The Morgan fingerprint density at radius 3 is 2.65 bits per heavy atom. The lowest BCUT2D eigenvalue weighted by atomic mass is 10.0. The SMILES string of the molecule is CCOC(=O)c1ccc(O)cc1C(=O)CCCl. The Labute approximate surface area is 104 Å². The molecule has 1 N–H and O–H groups in total. The third kappa shape index (κ3) is 3.46. The first-order chi connectivity index (χ1) is 8.10. The Kier molecular flexibility index (Phi) is 4.97. The maximum absolute atomic E-state index is 11.7. The van der Waals surface area contributed by atoms with E-state index in [4.69, 9.17) is 16.3 Å². The molecule has 0 aliphatic carbocycles. The van der Waals surface area contributed by atoms with Gasteiger partial charge in [-0.15, -0.1) is 11.6 Å². The molecule has 0 radical (unpaired) electrons. The van der Waals surface area contributed by atoms with Gasteiger partial charge in [-0.25, -0.2) is 4.79 Å². The van der Waals surface area contributed by atoms with E-state index >= 15 is 0 Å². The molecule has 0 heterocycles. The minimum atomic E-state index is -0.578. The van der Waals surface area contributed by atoms with Gasteiger partial charge in [0.2, 0.25) is 0 Å². The Bertz CT molecular complexity index is 429. The van der Waals surface area contributed by atoms with E-state index in [-0.39, 0.29) is 41.6 Å². The number of phenols is 1. The Balaban J connectivity index is 3.11. The van der Waals surface area contributed by atoms with Crippen molar-refractivity contribution < 1.29 is 19.4 Å². The molecule has 0 amide bonds. The van der Waals surface area contributed by atoms with Gasteiger partial charge in [0, 0.05) is 17.9 Å². The molecule has 0 saturated carbocycles. The van der Waals surface area contributed by atoms with Crippen LogP contribution in [-0.2, 0) is 4.74 Å². The second kappa shape index (κ2) is 6.25. The molecule has 0 fully saturated rings. The number of hydrogen-bond acceptors (Lipinski definition) is 4. The largest absolute Gasteiger partial charge is 0.508 e. The minimum Gasteiger partial charge on any atom is -0.508 e. The van der Waals surface area contributed by atoms with Crippen LogP contribution in [0, 0.1) is 0 Å². The van der Waals surface area contributed by atoms with Gasteiger partial charge < -0.3 is 9.84 Å². The molecule has 0 unspecified atom stereocenters. The lowest BCUT2D eigenvalue weighted by molar-refractivity contribution is 0.0523. The molecule has 0 aliphatic heterocycles. The van der Waals surface area contributed by atoms with Crippen molar-refractivity contribution >= 4 is 23.4 Å². The minimum absolute atomic E-state index is 0.0732. The van der Waals surface area contributed by atoms with E-state index < -0.39 is 5.97 Å². The first-order valence-corrected chi connectivity index (χ1v) is 5.73. The van der Waals surface area contributed by atoms with Crippen LogP contribution in [0.4, 0.5) is 0 Å². The Morgan fingerprint density at radius 2 is 2.06 bits per heavy atom. The number of alkyl halides is 1. The molecule has 4 nitrogen and oxygen atoms in total. The van der Waals surface area contributed by atoms with E-state index in [0.717, 1.165) is 0 Å². The van der Waals surface area contributed by atoms with Gasteiger partial charge in [0.05, 0.1) is 12.2 Å². The van der Waals surface area contributed by atoms with E-state index in [1.165, 1.54) is 18.2 Å². The predicted molar refractivity (Wildman–Crippen MR) is 63.7 cm³/mol. The van der Waals surface area contributed by atoms with Crippen LogP contribution in [0.15, 0.2) is 18.2 Å². The summed E-state index contributed by atoms with van der Waals surface area (Å²) in [7, 11) is 0. The van der Waals surface area contributed by atoms with Crippen LogP contribution in [0.5, 0.6) is 5.75 Å². The number of ether oxygens (including phenoxy) is 1. The highest BCUT2D eigenvalue weighted by molar-refractivity contribution is 6.20. The summed E-state index contributed by atoms with van der Waals surface area (Å²) >= 11 is 5.48. The lowest BCUT2D eigenvalue weighted by Crippen LogP contribution is -2.12. The van der Waals surface area contributed by atoms with Crippen LogP contribution >= 0.6 is 11.6 Å².